The minimum atomic E-state index is -0.0566. The number of fused-ring (bicyclic) bond motifs is 1. The Morgan fingerprint density at radius 2 is 2.30 bits per heavy atom. The molecule has 0 aliphatic carbocycles. The maximum Gasteiger partial charge on any atom is 0.261 e. The summed E-state index contributed by atoms with van der Waals surface area (Å²) < 4.78 is 1.03. The summed E-state index contributed by atoms with van der Waals surface area (Å²) in [5.41, 5.74) is 0. The van der Waals surface area contributed by atoms with E-state index < -0.39 is 0 Å². The number of halogens is 1. The Kier molecular flexibility index (Phi) is 4.00. The van der Waals surface area contributed by atoms with Crippen molar-refractivity contribution in [3.63, 3.8) is 0 Å². The van der Waals surface area contributed by atoms with Crippen LogP contribution in [-0.4, -0.2) is 17.4 Å². The number of nitrogens with zero attached hydrogens (tertiary/aromatic N) is 1. The molecule has 2 aromatic heterocycles. The van der Waals surface area contributed by atoms with Crippen molar-refractivity contribution in [3.05, 3.63) is 50.7 Å². The molecule has 0 saturated carbocycles. The maximum atomic E-state index is 12.1. The molecule has 0 aliphatic heterocycles. The average Bonchev–Trinajstić information content (AvgIpc) is 3.07. The zero-order valence-electron chi connectivity index (χ0n) is 10.4. The number of rotatable bonds is 4. The molecule has 1 amide bonds. The van der Waals surface area contributed by atoms with Gasteiger partial charge in [-0.1, -0.05) is 17.7 Å². The predicted molar refractivity (Wildman–Crippen MR) is 85.0 cm³/mol. The van der Waals surface area contributed by atoms with Crippen molar-refractivity contribution in [2.75, 3.05) is 6.54 Å². The first kappa shape index (κ1) is 13.5. The second-order valence-corrected chi connectivity index (χ2v) is 6.66. The fourth-order valence-corrected chi connectivity index (χ4v) is 3.79. The van der Waals surface area contributed by atoms with E-state index >= 15 is 0 Å². The first-order valence-corrected chi connectivity index (χ1v) is 8.16. The van der Waals surface area contributed by atoms with Gasteiger partial charge >= 0.3 is 0 Å². The summed E-state index contributed by atoms with van der Waals surface area (Å²) in [5, 5.41) is 7.50. The molecule has 0 atom stereocenters. The highest BCUT2D eigenvalue weighted by molar-refractivity contribution is 7.20. The fraction of sp³-hybridized carbons (Fsp3) is 0.143. The SMILES string of the molecule is O=C(NCCc1nccs1)c1cc2c(Cl)cccc2s1. The Labute approximate surface area is 129 Å². The Morgan fingerprint density at radius 3 is 3.05 bits per heavy atom. The van der Waals surface area contributed by atoms with E-state index in [1.54, 1.807) is 17.5 Å². The van der Waals surface area contributed by atoms with Gasteiger partial charge in [0.15, 0.2) is 0 Å². The van der Waals surface area contributed by atoms with Crippen LogP contribution in [0.25, 0.3) is 10.1 Å². The van der Waals surface area contributed by atoms with Crippen LogP contribution < -0.4 is 5.32 Å². The largest absolute Gasteiger partial charge is 0.351 e. The molecule has 6 heteroatoms. The van der Waals surface area contributed by atoms with Gasteiger partial charge in [0.2, 0.25) is 0 Å². The third-order valence-corrected chi connectivity index (χ3v) is 5.11. The normalized spacial score (nSPS) is 10.8. The van der Waals surface area contributed by atoms with Gasteiger partial charge in [-0.15, -0.1) is 22.7 Å². The molecule has 3 aromatic rings. The Hall–Kier alpha value is -1.43. The second-order valence-electron chi connectivity index (χ2n) is 4.19. The summed E-state index contributed by atoms with van der Waals surface area (Å²) in [5.74, 6) is -0.0566. The van der Waals surface area contributed by atoms with Crippen molar-refractivity contribution in [2.45, 2.75) is 6.42 Å². The van der Waals surface area contributed by atoms with E-state index in [2.05, 4.69) is 10.3 Å². The third kappa shape index (κ3) is 2.85. The van der Waals surface area contributed by atoms with Crippen LogP contribution in [0, 0.1) is 0 Å². The summed E-state index contributed by atoms with van der Waals surface area (Å²) in [6.45, 7) is 0.592. The molecule has 20 heavy (non-hydrogen) atoms. The quantitative estimate of drug-likeness (QED) is 0.789. The van der Waals surface area contributed by atoms with Gasteiger partial charge in [-0.3, -0.25) is 4.79 Å². The molecule has 0 fully saturated rings. The highest BCUT2D eigenvalue weighted by Gasteiger charge is 2.11. The Morgan fingerprint density at radius 1 is 1.40 bits per heavy atom. The lowest BCUT2D eigenvalue weighted by molar-refractivity contribution is 0.0958. The van der Waals surface area contributed by atoms with E-state index in [1.807, 2.05) is 29.6 Å². The van der Waals surface area contributed by atoms with E-state index in [-0.39, 0.29) is 5.91 Å². The minimum absolute atomic E-state index is 0.0566. The molecule has 1 N–H and O–H groups in total. The van der Waals surface area contributed by atoms with Crippen molar-refractivity contribution >= 4 is 50.3 Å². The fourth-order valence-electron chi connectivity index (χ4n) is 1.88. The van der Waals surface area contributed by atoms with E-state index in [0.717, 1.165) is 21.5 Å². The highest BCUT2D eigenvalue weighted by atomic mass is 35.5. The Bertz CT molecular complexity index is 737. The summed E-state index contributed by atoms with van der Waals surface area (Å²) in [7, 11) is 0. The summed E-state index contributed by atoms with van der Waals surface area (Å²) >= 11 is 9.17. The van der Waals surface area contributed by atoms with E-state index in [4.69, 9.17) is 11.6 Å². The molecule has 1 aromatic carbocycles. The predicted octanol–water partition coefficient (Wildman–Crippen LogP) is 3.98. The van der Waals surface area contributed by atoms with Crippen molar-refractivity contribution in [1.82, 2.24) is 10.3 Å². The molecule has 3 nitrogen and oxygen atoms in total. The summed E-state index contributed by atoms with van der Waals surface area (Å²) in [6.07, 6.45) is 2.53. The molecule has 0 unspecified atom stereocenters. The number of benzene rings is 1. The van der Waals surface area contributed by atoms with Gasteiger partial charge in [0, 0.05) is 39.7 Å². The van der Waals surface area contributed by atoms with Crippen LogP contribution in [0.1, 0.15) is 14.7 Å². The molecule has 0 spiro atoms. The van der Waals surface area contributed by atoms with Gasteiger partial charge in [-0.05, 0) is 18.2 Å². The van der Waals surface area contributed by atoms with E-state index in [0.29, 0.717) is 16.4 Å². The molecular weight excluding hydrogens is 312 g/mol. The zero-order valence-corrected chi connectivity index (χ0v) is 12.8. The number of thiazole rings is 1. The van der Waals surface area contributed by atoms with Crippen LogP contribution in [0.2, 0.25) is 5.02 Å². The molecule has 0 radical (unpaired) electrons. The lowest BCUT2D eigenvalue weighted by Crippen LogP contribution is -2.24. The van der Waals surface area contributed by atoms with Crippen LogP contribution in [0.5, 0.6) is 0 Å². The topological polar surface area (TPSA) is 42.0 Å². The lowest BCUT2D eigenvalue weighted by Gasteiger charge is -2.00. The molecule has 2 heterocycles. The second kappa shape index (κ2) is 5.91. The monoisotopic (exact) mass is 322 g/mol. The molecule has 102 valence electrons. The van der Waals surface area contributed by atoms with Crippen LogP contribution in [0.4, 0.5) is 0 Å². The first-order valence-electron chi connectivity index (χ1n) is 6.08. The van der Waals surface area contributed by atoms with Crippen LogP contribution in [0.3, 0.4) is 0 Å². The third-order valence-electron chi connectivity index (χ3n) is 2.84. The molecule has 0 bridgehead atoms. The van der Waals surface area contributed by atoms with Gasteiger partial charge in [0.25, 0.3) is 5.91 Å². The zero-order chi connectivity index (χ0) is 13.9. The molecule has 0 aliphatic rings. The molecule has 0 saturated heterocycles. The number of amides is 1. The molecule has 3 rings (SSSR count). The number of thiophene rings is 1. The Balaban J connectivity index is 1.68. The van der Waals surface area contributed by atoms with Gasteiger partial charge < -0.3 is 5.32 Å². The van der Waals surface area contributed by atoms with E-state index in [1.165, 1.54) is 11.3 Å². The van der Waals surface area contributed by atoms with E-state index in [9.17, 15) is 4.79 Å². The number of carbonyl (C=O) groups is 1. The summed E-state index contributed by atoms with van der Waals surface area (Å²) in [4.78, 5) is 17.0. The number of hydrogen-bond acceptors (Lipinski definition) is 4. The standard InChI is InChI=1S/C14H11ClN2OS2/c15-10-2-1-3-11-9(10)8-12(20-11)14(18)17-5-4-13-16-6-7-19-13/h1-3,6-8H,4-5H2,(H,17,18). The highest BCUT2D eigenvalue weighted by Crippen LogP contribution is 2.30. The van der Waals surface area contributed by atoms with Crippen molar-refractivity contribution < 1.29 is 4.79 Å². The smallest absolute Gasteiger partial charge is 0.261 e. The number of nitrogens with one attached hydrogen (secondary N) is 1. The van der Waals surface area contributed by atoms with Crippen molar-refractivity contribution in [2.24, 2.45) is 0 Å². The van der Waals surface area contributed by atoms with Crippen LogP contribution >= 0.6 is 34.3 Å². The van der Waals surface area contributed by atoms with Gasteiger partial charge in [0.05, 0.1) is 9.88 Å². The lowest BCUT2D eigenvalue weighted by atomic mass is 10.2. The van der Waals surface area contributed by atoms with Gasteiger partial charge in [0.1, 0.15) is 0 Å². The number of hydrogen-bond donors (Lipinski definition) is 1. The molecular formula is C14H11ClN2OS2. The minimum Gasteiger partial charge on any atom is -0.351 e. The summed E-state index contributed by atoms with van der Waals surface area (Å²) in [6, 6.07) is 7.55. The van der Waals surface area contributed by atoms with Gasteiger partial charge in [-0.25, -0.2) is 4.98 Å². The van der Waals surface area contributed by atoms with Crippen LogP contribution in [-0.2, 0) is 6.42 Å². The van der Waals surface area contributed by atoms with Crippen LogP contribution in [0.15, 0.2) is 35.8 Å². The average molecular weight is 323 g/mol. The maximum absolute atomic E-state index is 12.1. The number of carbonyl (C=O) groups excluding carboxylic acids is 1. The first-order chi connectivity index (χ1) is 9.74. The van der Waals surface area contributed by atoms with Gasteiger partial charge in [-0.2, -0.15) is 0 Å². The number of aromatic nitrogens is 1. The van der Waals surface area contributed by atoms with Crippen molar-refractivity contribution in [3.8, 4) is 0 Å². The van der Waals surface area contributed by atoms with Crippen molar-refractivity contribution in [1.29, 1.82) is 0 Å².